The predicted octanol–water partition coefficient (Wildman–Crippen LogP) is 0.938. The Bertz CT molecular complexity index is 379. The van der Waals surface area contributed by atoms with E-state index >= 15 is 0 Å². The van der Waals surface area contributed by atoms with Gasteiger partial charge in [-0.15, -0.1) is 0 Å². The lowest BCUT2D eigenvalue weighted by molar-refractivity contribution is 0.0309. The molecule has 0 radical (unpaired) electrons. The molecule has 94 valence electrons. The van der Waals surface area contributed by atoms with Crippen molar-refractivity contribution in [2.75, 3.05) is 32.8 Å². The molecule has 1 saturated heterocycles. The molecule has 0 aliphatic carbocycles. The van der Waals surface area contributed by atoms with Gasteiger partial charge in [-0.3, -0.25) is 4.90 Å². The van der Waals surface area contributed by atoms with Crippen molar-refractivity contribution in [3.05, 3.63) is 35.6 Å². The summed E-state index contributed by atoms with van der Waals surface area (Å²) in [6, 6.07) is 6.51. The highest BCUT2D eigenvalue weighted by Gasteiger charge is 2.33. The smallest absolute Gasteiger partial charge is 0.123 e. The van der Waals surface area contributed by atoms with Crippen molar-refractivity contribution < 1.29 is 9.50 Å². The van der Waals surface area contributed by atoms with Crippen LogP contribution in [0.5, 0.6) is 0 Å². The third-order valence-electron chi connectivity index (χ3n) is 3.57. The van der Waals surface area contributed by atoms with Crippen LogP contribution in [0.2, 0.25) is 0 Å². The van der Waals surface area contributed by atoms with Gasteiger partial charge in [0.05, 0.1) is 12.1 Å². The van der Waals surface area contributed by atoms with Gasteiger partial charge in [0.15, 0.2) is 0 Å². The molecule has 0 aromatic heterocycles. The lowest BCUT2D eigenvalue weighted by Gasteiger charge is -2.42. The Morgan fingerprint density at radius 3 is 2.71 bits per heavy atom. The van der Waals surface area contributed by atoms with Crippen LogP contribution in [0.4, 0.5) is 4.39 Å². The van der Waals surface area contributed by atoms with Crippen LogP contribution in [-0.4, -0.2) is 42.8 Å². The van der Waals surface area contributed by atoms with Crippen LogP contribution in [0.3, 0.4) is 0 Å². The van der Waals surface area contributed by atoms with Gasteiger partial charge in [-0.2, -0.15) is 0 Å². The van der Waals surface area contributed by atoms with Crippen LogP contribution in [0.1, 0.15) is 12.5 Å². The van der Waals surface area contributed by atoms with E-state index in [4.69, 9.17) is 0 Å². The summed E-state index contributed by atoms with van der Waals surface area (Å²) in [5.41, 5.74) is 0.339. The molecule has 1 fully saturated rings. The molecular weight excluding hydrogens is 219 g/mol. The van der Waals surface area contributed by atoms with Gasteiger partial charge >= 0.3 is 0 Å². The SMILES string of the molecule is CC(CO)(c1cccc(F)c1)N1CCNCC1. The molecule has 1 aromatic rings. The zero-order valence-corrected chi connectivity index (χ0v) is 10.1. The number of nitrogens with one attached hydrogen (secondary N) is 1. The van der Waals surface area contributed by atoms with E-state index in [9.17, 15) is 9.50 Å². The fraction of sp³-hybridized carbons (Fsp3) is 0.538. The Hall–Kier alpha value is -0.970. The fourth-order valence-electron chi connectivity index (χ4n) is 2.36. The summed E-state index contributed by atoms with van der Waals surface area (Å²) in [6.45, 7) is 5.51. The highest BCUT2D eigenvalue weighted by molar-refractivity contribution is 5.25. The molecule has 3 nitrogen and oxygen atoms in total. The number of benzene rings is 1. The average molecular weight is 238 g/mol. The van der Waals surface area contributed by atoms with Gasteiger partial charge in [0.25, 0.3) is 0 Å². The van der Waals surface area contributed by atoms with Gasteiger partial charge in [-0.25, -0.2) is 4.39 Å². The largest absolute Gasteiger partial charge is 0.394 e. The topological polar surface area (TPSA) is 35.5 Å². The summed E-state index contributed by atoms with van der Waals surface area (Å²) in [5, 5.41) is 13.0. The summed E-state index contributed by atoms with van der Waals surface area (Å²) in [4.78, 5) is 2.21. The van der Waals surface area contributed by atoms with Crippen LogP contribution in [-0.2, 0) is 5.54 Å². The summed E-state index contributed by atoms with van der Waals surface area (Å²) >= 11 is 0. The second kappa shape index (κ2) is 5.12. The summed E-state index contributed by atoms with van der Waals surface area (Å²) < 4.78 is 13.3. The van der Waals surface area contributed by atoms with Gasteiger partial charge in [0.2, 0.25) is 0 Å². The highest BCUT2D eigenvalue weighted by Crippen LogP contribution is 2.28. The van der Waals surface area contributed by atoms with E-state index in [0.717, 1.165) is 31.7 Å². The predicted molar refractivity (Wildman–Crippen MR) is 65.3 cm³/mol. The lowest BCUT2D eigenvalue weighted by atomic mass is 9.90. The molecule has 2 N–H and O–H groups in total. The minimum absolute atomic E-state index is 0.00352. The quantitative estimate of drug-likeness (QED) is 0.822. The summed E-state index contributed by atoms with van der Waals surface area (Å²) in [6.07, 6.45) is 0. The van der Waals surface area contributed by atoms with E-state index in [1.54, 1.807) is 6.07 Å². The number of piperazine rings is 1. The monoisotopic (exact) mass is 238 g/mol. The van der Waals surface area contributed by atoms with E-state index in [0.29, 0.717) is 0 Å². The van der Waals surface area contributed by atoms with Crippen molar-refractivity contribution in [1.82, 2.24) is 10.2 Å². The average Bonchev–Trinajstić information content (AvgIpc) is 2.39. The summed E-state index contributed by atoms with van der Waals surface area (Å²) in [5.74, 6) is -0.252. The molecule has 0 bridgehead atoms. The van der Waals surface area contributed by atoms with Crippen LogP contribution < -0.4 is 5.32 Å². The number of aliphatic hydroxyl groups excluding tert-OH is 1. The molecule has 1 aromatic carbocycles. The molecular formula is C13H19FN2O. The maximum Gasteiger partial charge on any atom is 0.123 e. The van der Waals surface area contributed by atoms with Crippen molar-refractivity contribution in [1.29, 1.82) is 0 Å². The second-order valence-corrected chi connectivity index (χ2v) is 4.68. The van der Waals surface area contributed by atoms with E-state index in [1.165, 1.54) is 12.1 Å². The lowest BCUT2D eigenvalue weighted by Crippen LogP contribution is -2.54. The van der Waals surface area contributed by atoms with Gasteiger partial charge in [0, 0.05) is 26.2 Å². The Kier molecular flexibility index (Phi) is 3.76. The maximum absolute atomic E-state index is 13.3. The zero-order chi connectivity index (χ0) is 12.3. The Morgan fingerprint density at radius 2 is 2.12 bits per heavy atom. The molecule has 0 saturated carbocycles. The normalized spacial score (nSPS) is 21.1. The zero-order valence-electron chi connectivity index (χ0n) is 10.1. The first-order valence-electron chi connectivity index (χ1n) is 5.99. The number of rotatable bonds is 3. The molecule has 1 heterocycles. The molecule has 4 heteroatoms. The fourth-order valence-corrected chi connectivity index (χ4v) is 2.36. The number of aliphatic hydroxyl groups is 1. The minimum Gasteiger partial charge on any atom is -0.394 e. The van der Waals surface area contributed by atoms with E-state index < -0.39 is 5.54 Å². The van der Waals surface area contributed by atoms with E-state index in [2.05, 4.69) is 10.2 Å². The van der Waals surface area contributed by atoms with Gasteiger partial charge in [-0.05, 0) is 24.6 Å². The third kappa shape index (κ3) is 2.49. The van der Waals surface area contributed by atoms with E-state index in [1.807, 2.05) is 13.0 Å². The van der Waals surface area contributed by atoms with Crippen molar-refractivity contribution >= 4 is 0 Å². The van der Waals surface area contributed by atoms with Crippen molar-refractivity contribution in [3.63, 3.8) is 0 Å². The van der Waals surface area contributed by atoms with Crippen LogP contribution in [0, 0.1) is 5.82 Å². The Labute approximate surface area is 101 Å². The highest BCUT2D eigenvalue weighted by atomic mass is 19.1. The van der Waals surface area contributed by atoms with Crippen molar-refractivity contribution in [3.8, 4) is 0 Å². The van der Waals surface area contributed by atoms with Gasteiger partial charge in [-0.1, -0.05) is 12.1 Å². The Morgan fingerprint density at radius 1 is 1.41 bits per heavy atom. The second-order valence-electron chi connectivity index (χ2n) is 4.68. The maximum atomic E-state index is 13.3. The number of hydrogen-bond acceptors (Lipinski definition) is 3. The first kappa shape index (κ1) is 12.5. The molecule has 1 atom stereocenters. The van der Waals surface area contributed by atoms with Crippen LogP contribution >= 0.6 is 0 Å². The standard InChI is InChI=1S/C13H19FN2O/c1-13(10-17,16-7-5-15-6-8-16)11-3-2-4-12(14)9-11/h2-4,9,15,17H,5-8,10H2,1H3. The number of hydrogen-bond donors (Lipinski definition) is 2. The molecule has 0 spiro atoms. The number of nitrogens with zero attached hydrogens (tertiary/aromatic N) is 1. The first-order chi connectivity index (χ1) is 8.16. The summed E-state index contributed by atoms with van der Waals surface area (Å²) in [7, 11) is 0. The molecule has 1 unspecified atom stereocenters. The minimum atomic E-state index is -0.496. The first-order valence-corrected chi connectivity index (χ1v) is 5.99. The molecule has 17 heavy (non-hydrogen) atoms. The van der Waals surface area contributed by atoms with Crippen molar-refractivity contribution in [2.24, 2.45) is 0 Å². The van der Waals surface area contributed by atoms with Gasteiger partial charge in [0.1, 0.15) is 5.82 Å². The van der Waals surface area contributed by atoms with Crippen LogP contribution in [0.25, 0.3) is 0 Å². The molecule has 1 aliphatic heterocycles. The number of halogens is 1. The molecule has 1 aliphatic rings. The van der Waals surface area contributed by atoms with E-state index in [-0.39, 0.29) is 12.4 Å². The van der Waals surface area contributed by atoms with Crippen molar-refractivity contribution in [2.45, 2.75) is 12.5 Å². The molecule has 2 rings (SSSR count). The van der Waals surface area contributed by atoms with Gasteiger partial charge < -0.3 is 10.4 Å². The third-order valence-corrected chi connectivity index (χ3v) is 3.57. The van der Waals surface area contributed by atoms with Crippen LogP contribution in [0.15, 0.2) is 24.3 Å². The molecule has 0 amide bonds. The Balaban J connectivity index is 2.29.